The summed E-state index contributed by atoms with van der Waals surface area (Å²) < 4.78 is 27.4. The van der Waals surface area contributed by atoms with Gasteiger partial charge in [0, 0.05) is 69.0 Å². The van der Waals surface area contributed by atoms with Gasteiger partial charge >= 0.3 is 0 Å². The van der Waals surface area contributed by atoms with Crippen molar-refractivity contribution in [1.82, 2.24) is 25.3 Å². The van der Waals surface area contributed by atoms with Crippen LogP contribution in [0.5, 0.6) is 11.5 Å². The molecule has 3 aliphatic rings. The zero-order valence-electron chi connectivity index (χ0n) is 27.0. The molecule has 1 unspecified atom stereocenters. The number of carbonyl (C=O) groups is 2. The van der Waals surface area contributed by atoms with Crippen LogP contribution in [0.25, 0.3) is 11.3 Å². The van der Waals surface area contributed by atoms with Gasteiger partial charge in [0.05, 0.1) is 17.0 Å². The van der Waals surface area contributed by atoms with Crippen LogP contribution in [0.3, 0.4) is 0 Å². The van der Waals surface area contributed by atoms with Gasteiger partial charge in [-0.05, 0) is 86.1 Å². The number of benzene rings is 2. The number of ether oxygens (including phenoxy) is 2. The van der Waals surface area contributed by atoms with Gasteiger partial charge in [0.1, 0.15) is 17.3 Å². The molecule has 0 spiro atoms. The Morgan fingerprint density at radius 3 is 2.41 bits per heavy atom. The Labute approximate surface area is 270 Å². The summed E-state index contributed by atoms with van der Waals surface area (Å²) in [5.74, 6) is 0.347. The van der Waals surface area contributed by atoms with Crippen molar-refractivity contribution in [2.24, 2.45) is 5.92 Å². The lowest BCUT2D eigenvalue weighted by Gasteiger charge is -2.39. The van der Waals surface area contributed by atoms with E-state index in [-0.39, 0.29) is 30.0 Å². The van der Waals surface area contributed by atoms with Gasteiger partial charge < -0.3 is 24.6 Å². The van der Waals surface area contributed by atoms with Crippen LogP contribution in [0.15, 0.2) is 48.5 Å². The number of amides is 2. The molecular formula is C36H44FN5O4. The summed E-state index contributed by atoms with van der Waals surface area (Å²) in [7, 11) is 0. The number of rotatable bonds is 9. The van der Waals surface area contributed by atoms with Crippen LogP contribution in [0.1, 0.15) is 80.4 Å². The molecule has 2 aromatic carbocycles. The Hall–Kier alpha value is -3.89. The molecule has 3 fully saturated rings. The fraction of sp³-hybridized carbons (Fsp3) is 0.500. The number of aromatic nitrogens is 2. The van der Waals surface area contributed by atoms with E-state index in [4.69, 9.17) is 9.47 Å². The van der Waals surface area contributed by atoms with Gasteiger partial charge in [0.2, 0.25) is 5.91 Å². The molecule has 3 aliphatic heterocycles. The lowest BCUT2D eigenvalue weighted by Crippen LogP contribution is -2.49. The zero-order valence-corrected chi connectivity index (χ0v) is 27.0. The zero-order chi connectivity index (χ0) is 32.2. The Bertz CT molecular complexity index is 1520. The van der Waals surface area contributed by atoms with Crippen LogP contribution >= 0.6 is 0 Å². The summed E-state index contributed by atoms with van der Waals surface area (Å²) in [6.45, 7) is 10.4. The number of piperidine rings is 1. The molecule has 2 amide bonds. The van der Waals surface area contributed by atoms with Crippen LogP contribution in [-0.2, 0) is 16.1 Å². The van der Waals surface area contributed by atoms with Crippen LogP contribution in [0, 0.1) is 11.7 Å². The Balaban J connectivity index is 1.18. The maximum Gasteiger partial charge on any atom is 0.254 e. The Kier molecular flexibility index (Phi) is 9.94. The first-order valence-corrected chi connectivity index (χ1v) is 16.6. The predicted octanol–water partition coefficient (Wildman–Crippen LogP) is 5.94. The standard InChI is InChI=1S/C36H44FN5O4/c1-23(2)32-8-9-33(40-39-32)25-4-6-29(7-5-25)46-34-20-30(31(37)19-26(34)22-42-21-24(3)18-35(42)43)36(44)38-27-10-14-41(15-11-27)28-12-16-45-17-13-28/h4-9,19-20,23-24,27-28H,10-18,21-22H2,1-3H3,(H,38,44). The molecule has 0 saturated carbocycles. The molecule has 10 heteroatoms. The summed E-state index contributed by atoms with van der Waals surface area (Å²) in [5.41, 5.74) is 3.01. The number of likely N-dealkylation sites (tertiary alicyclic amines) is 2. The van der Waals surface area contributed by atoms with Crippen LogP contribution in [-0.4, -0.2) is 76.7 Å². The SMILES string of the molecule is CC1CC(=O)N(Cc2cc(F)c(C(=O)NC3CCN(C4CCOCC4)CC3)cc2Oc2ccc(-c3ccc(C(C)C)nn3)cc2)C1. The molecule has 0 bridgehead atoms. The highest BCUT2D eigenvalue weighted by Crippen LogP contribution is 2.32. The Morgan fingerprint density at radius 1 is 1.04 bits per heavy atom. The van der Waals surface area contributed by atoms with Gasteiger partial charge in [-0.3, -0.25) is 9.59 Å². The number of hydrogen-bond acceptors (Lipinski definition) is 7. The molecule has 1 aromatic heterocycles. The van der Waals surface area contributed by atoms with Crippen molar-refractivity contribution >= 4 is 11.8 Å². The molecule has 0 radical (unpaired) electrons. The fourth-order valence-electron chi connectivity index (χ4n) is 6.66. The molecule has 0 aliphatic carbocycles. The van der Waals surface area contributed by atoms with E-state index in [9.17, 15) is 9.59 Å². The van der Waals surface area contributed by atoms with E-state index in [2.05, 4.69) is 34.3 Å². The number of nitrogens with one attached hydrogen (secondary N) is 1. The Morgan fingerprint density at radius 2 is 1.78 bits per heavy atom. The summed E-state index contributed by atoms with van der Waals surface area (Å²) in [4.78, 5) is 30.2. The maximum absolute atomic E-state index is 15.6. The quantitative estimate of drug-likeness (QED) is 0.313. The smallest absolute Gasteiger partial charge is 0.254 e. The van der Waals surface area contributed by atoms with E-state index >= 15 is 4.39 Å². The first-order valence-electron chi connectivity index (χ1n) is 16.6. The lowest BCUT2D eigenvalue weighted by molar-refractivity contribution is -0.128. The third kappa shape index (κ3) is 7.56. The normalized spacial score (nSPS) is 20.0. The second kappa shape index (κ2) is 14.3. The monoisotopic (exact) mass is 629 g/mol. The van der Waals surface area contributed by atoms with Crippen LogP contribution < -0.4 is 10.1 Å². The van der Waals surface area contributed by atoms with Crippen molar-refractivity contribution in [3.8, 4) is 22.8 Å². The van der Waals surface area contributed by atoms with Crippen molar-refractivity contribution in [1.29, 1.82) is 0 Å². The van der Waals surface area contributed by atoms with Crippen LogP contribution in [0.2, 0.25) is 0 Å². The molecule has 46 heavy (non-hydrogen) atoms. The van der Waals surface area contributed by atoms with E-state index in [1.165, 1.54) is 12.1 Å². The molecule has 9 nitrogen and oxygen atoms in total. The summed E-state index contributed by atoms with van der Waals surface area (Å²) in [6.07, 6.45) is 4.19. The summed E-state index contributed by atoms with van der Waals surface area (Å²) in [6, 6.07) is 14.7. The second-order valence-corrected chi connectivity index (χ2v) is 13.3. The molecular weight excluding hydrogens is 585 g/mol. The third-order valence-corrected chi connectivity index (χ3v) is 9.39. The predicted molar refractivity (Wildman–Crippen MR) is 173 cm³/mol. The highest BCUT2D eigenvalue weighted by Gasteiger charge is 2.30. The van der Waals surface area contributed by atoms with Crippen LogP contribution in [0.4, 0.5) is 4.39 Å². The van der Waals surface area contributed by atoms with Crippen molar-refractivity contribution in [3.63, 3.8) is 0 Å². The van der Waals surface area contributed by atoms with Gasteiger partial charge in [-0.15, -0.1) is 0 Å². The second-order valence-electron chi connectivity index (χ2n) is 13.3. The highest BCUT2D eigenvalue weighted by atomic mass is 19.1. The minimum atomic E-state index is -0.627. The molecule has 3 saturated heterocycles. The largest absolute Gasteiger partial charge is 0.457 e. The highest BCUT2D eigenvalue weighted by molar-refractivity contribution is 5.95. The molecule has 4 heterocycles. The topological polar surface area (TPSA) is 96.9 Å². The first-order chi connectivity index (χ1) is 22.2. The van der Waals surface area contributed by atoms with Gasteiger partial charge in [0.15, 0.2) is 0 Å². The molecule has 1 N–H and O–H groups in total. The number of halogens is 1. The van der Waals surface area contributed by atoms with Crippen molar-refractivity contribution in [2.75, 3.05) is 32.8 Å². The van der Waals surface area contributed by atoms with Gasteiger partial charge in [-0.2, -0.15) is 10.2 Å². The average Bonchev–Trinajstić information content (AvgIpc) is 3.39. The minimum Gasteiger partial charge on any atom is -0.457 e. The lowest BCUT2D eigenvalue weighted by atomic mass is 9.99. The van der Waals surface area contributed by atoms with Crippen molar-refractivity contribution < 1.29 is 23.5 Å². The average molecular weight is 630 g/mol. The van der Waals surface area contributed by atoms with Gasteiger partial charge in [-0.25, -0.2) is 4.39 Å². The van der Waals surface area contributed by atoms with Crippen molar-refractivity contribution in [3.05, 3.63) is 71.2 Å². The van der Waals surface area contributed by atoms with E-state index < -0.39 is 11.7 Å². The fourth-order valence-corrected chi connectivity index (χ4v) is 6.66. The third-order valence-electron chi connectivity index (χ3n) is 9.39. The van der Waals surface area contributed by atoms with E-state index in [0.717, 1.165) is 68.9 Å². The first kappa shape index (κ1) is 32.1. The molecule has 3 aromatic rings. The number of nitrogens with zero attached hydrogens (tertiary/aromatic N) is 4. The van der Waals surface area contributed by atoms with Gasteiger partial charge in [-0.1, -0.05) is 20.8 Å². The maximum atomic E-state index is 15.6. The van der Waals surface area contributed by atoms with Crippen molar-refractivity contribution in [2.45, 2.75) is 77.4 Å². The van der Waals surface area contributed by atoms with Gasteiger partial charge in [0.25, 0.3) is 5.91 Å². The number of carbonyl (C=O) groups excluding carboxylic acids is 2. The summed E-state index contributed by atoms with van der Waals surface area (Å²) in [5, 5.41) is 11.8. The molecule has 6 rings (SSSR count). The van der Waals surface area contributed by atoms with E-state index in [1.807, 2.05) is 43.3 Å². The molecule has 1 atom stereocenters. The number of hydrogen-bond donors (Lipinski definition) is 1. The van der Waals surface area contributed by atoms with E-state index in [1.54, 1.807) is 4.90 Å². The molecule has 244 valence electrons. The van der Waals surface area contributed by atoms with E-state index in [0.29, 0.717) is 42.0 Å². The minimum absolute atomic E-state index is 0.0269. The summed E-state index contributed by atoms with van der Waals surface area (Å²) >= 11 is 0.